The van der Waals surface area contributed by atoms with Crippen LogP contribution in [0.25, 0.3) is 93.0 Å². The lowest BCUT2D eigenvalue weighted by Crippen LogP contribution is -2.16. The van der Waals surface area contributed by atoms with Gasteiger partial charge in [0.15, 0.2) is 17.5 Å². The van der Waals surface area contributed by atoms with Crippen molar-refractivity contribution in [3.8, 4) is 51.0 Å². The maximum absolute atomic E-state index is 5.01. The van der Waals surface area contributed by atoms with Crippen molar-refractivity contribution in [2.75, 3.05) is 0 Å². The van der Waals surface area contributed by atoms with Crippen molar-refractivity contribution in [1.82, 2.24) is 19.5 Å². The van der Waals surface area contributed by atoms with E-state index in [0.717, 1.165) is 22.4 Å². The molecule has 3 heterocycles. The van der Waals surface area contributed by atoms with Crippen LogP contribution in [0.3, 0.4) is 0 Å². The molecule has 0 bridgehead atoms. The van der Waals surface area contributed by atoms with Gasteiger partial charge in [-0.05, 0) is 58.7 Å². The molecule has 0 saturated heterocycles. The summed E-state index contributed by atoms with van der Waals surface area (Å²) >= 11 is 1.92. The van der Waals surface area contributed by atoms with Gasteiger partial charge in [0.05, 0.1) is 11.0 Å². The van der Waals surface area contributed by atoms with E-state index in [2.05, 4.69) is 115 Å². The maximum Gasteiger partial charge on any atom is 0.164 e. The van der Waals surface area contributed by atoms with Gasteiger partial charge >= 0.3 is 0 Å². The van der Waals surface area contributed by atoms with Gasteiger partial charge in [0.1, 0.15) is 0 Å². The Hall–Kier alpha value is -6.43. The van der Waals surface area contributed by atoms with Crippen LogP contribution >= 0.6 is 11.3 Å². The molecule has 0 N–H and O–H groups in total. The van der Waals surface area contributed by atoms with Gasteiger partial charge in [0.25, 0.3) is 0 Å². The average molecular weight is 697 g/mol. The summed E-state index contributed by atoms with van der Waals surface area (Å²) in [6.07, 6.45) is 0. The second-order valence-corrected chi connectivity index (χ2v) is 15.4. The molecule has 0 fully saturated rings. The summed E-state index contributed by atoms with van der Waals surface area (Å²) in [7, 11) is 0. The number of para-hydroxylation sites is 1. The molecule has 0 spiro atoms. The molecule has 53 heavy (non-hydrogen) atoms. The summed E-state index contributed by atoms with van der Waals surface area (Å²) in [6, 6.07) is 55.9. The molecular weight excluding hydrogens is 665 g/mol. The fourth-order valence-corrected chi connectivity index (χ4v) is 9.91. The normalized spacial score (nSPS) is 13.2. The molecule has 0 aliphatic heterocycles. The first kappa shape index (κ1) is 30.2. The molecule has 0 saturated carbocycles. The fraction of sp³-hybridized carbons (Fsp3) is 0.0625. The van der Waals surface area contributed by atoms with E-state index in [1.165, 1.54) is 64.2 Å². The summed E-state index contributed by atoms with van der Waals surface area (Å²) in [5.41, 5.74) is 11.7. The Morgan fingerprint density at radius 1 is 0.509 bits per heavy atom. The molecule has 250 valence electrons. The highest BCUT2D eigenvalue weighted by Gasteiger charge is 2.41. The number of hydrogen-bond acceptors (Lipinski definition) is 4. The van der Waals surface area contributed by atoms with Crippen molar-refractivity contribution in [3.05, 3.63) is 169 Å². The number of thiophene rings is 1. The largest absolute Gasteiger partial charge is 0.309 e. The Morgan fingerprint density at radius 3 is 1.74 bits per heavy atom. The highest BCUT2D eigenvalue weighted by molar-refractivity contribution is 7.27. The lowest BCUT2D eigenvalue weighted by atomic mass is 9.81. The third-order valence-electron chi connectivity index (χ3n) is 11.0. The number of aromatic nitrogens is 4. The van der Waals surface area contributed by atoms with Crippen LogP contribution in [-0.2, 0) is 5.41 Å². The van der Waals surface area contributed by atoms with E-state index < -0.39 is 0 Å². The molecule has 0 atom stereocenters. The van der Waals surface area contributed by atoms with Crippen LogP contribution in [0.15, 0.2) is 158 Å². The minimum absolute atomic E-state index is 0.208. The van der Waals surface area contributed by atoms with E-state index in [1.807, 2.05) is 72.0 Å². The lowest BCUT2D eigenvalue weighted by Gasteiger charge is -2.24. The molecule has 1 aliphatic rings. The van der Waals surface area contributed by atoms with Gasteiger partial charge in [-0.2, -0.15) is 0 Å². The van der Waals surface area contributed by atoms with Gasteiger partial charge in [0, 0.05) is 58.7 Å². The number of hydrogen-bond donors (Lipinski definition) is 0. The van der Waals surface area contributed by atoms with E-state index in [9.17, 15) is 0 Å². The second-order valence-electron chi connectivity index (χ2n) is 14.4. The zero-order valence-electron chi connectivity index (χ0n) is 29.2. The molecule has 11 rings (SSSR count). The van der Waals surface area contributed by atoms with E-state index >= 15 is 0 Å². The third kappa shape index (κ3) is 4.38. The first-order valence-electron chi connectivity index (χ1n) is 18.0. The van der Waals surface area contributed by atoms with Crippen molar-refractivity contribution < 1.29 is 0 Å². The van der Waals surface area contributed by atoms with Gasteiger partial charge in [-0.25, -0.2) is 15.0 Å². The molecule has 3 aromatic heterocycles. The quantitative estimate of drug-likeness (QED) is 0.184. The summed E-state index contributed by atoms with van der Waals surface area (Å²) in [4.78, 5) is 14.9. The minimum Gasteiger partial charge on any atom is -0.309 e. The first-order chi connectivity index (χ1) is 26.1. The highest BCUT2D eigenvalue weighted by atomic mass is 32.1. The lowest BCUT2D eigenvalue weighted by molar-refractivity contribution is 0.664. The SMILES string of the molecule is CC1(C)c2ccccc2-c2c1c1c(c3ccccc3n1-c1ccc(-c3nc(-c4ccccc4)nc(-c4ccccc4)n3)cc1)c1sc3ccccc3c21. The number of benzene rings is 7. The van der Waals surface area contributed by atoms with E-state index in [-0.39, 0.29) is 5.41 Å². The van der Waals surface area contributed by atoms with Crippen molar-refractivity contribution in [1.29, 1.82) is 0 Å². The molecule has 10 aromatic rings. The van der Waals surface area contributed by atoms with Gasteiger partial charge < -0.3 is 4.57 Å². The molecule has 5 heteroatoms. The van der Waals surface area contributed by atoms with Gasteiger partial charge in [-0.3, -0.25) is 0 Å². The van der Waals surface area contributed by atoms with Crippen LogP contribution in [0.1, 0.15) is 25.0 Å². The van der Waals surface area contributed by atoms with Gasteiger partial charge in [-0.15, -0.1) is 11.3 Å². The minimum atomic E-state index is -0.208. The number of fused-ring (bicyclic) bond motifs is 12. The Labute approximate surface area is 310 Å². The van der Waals surface area contributed by atoms with E-state index in [4.69, 9.17) is 15.0 Å². The van der Waals surface area contributed by atoms with Crippen molar-refractivity contribution in [3.63, 3.8) is 0 Å². The van der Waals surface area contributed by atoms with E-state index in [0.29, 0.717) is 17.5 Å². The average Bonchev–Trinajstić information content (AvgIpc) is 3.84. The number of nitrogens with zero attached hydrogens (tertiary/aromatic N) is 4. The maximum atomic E-state index is 5.01. The summed E-state index contributed by atoms with van der Waals surface area (Å²) < 4.78 is 5.18. The predicted octanol–water partition coefficient (Wildman–Crippen LogP) is 12.6. The van der Waals surface area contributed by atoms with Crippen LogP contribution in [-0.4, -0.2) is 19.5 Å². The van der Waals surface area contributed by atoms with Crippen molar-refractivity contribution >= 4 is 53.3 Å². The zero-order valence-corrected chi connectivity index (χ0v) is 30.0. The first-order valence-corrected chi connectivity index (χ1v) is 18.9. The van der Waals surface area contributed by atoms with Crippen LogP contribution < -0.4 is 0 Å². The van der Waals surface area contributed by atoms with Crippen LogP contribution in [0, 0.1) is 0 Å². The molecule has 1 aliphatic carbocycles. The smallest absolute Gasteiger partial charge is 0.164 e. The highest BCUT2D eigenvalue weighted by Crippen LogP contribution is 2.58. The van der Waals surface area contributed by atoms with Crippen molar-refractivity contribution in [2.24, 2.45) is 0 Å². The molecular formula is C48H32N4S. The Bertz CT molecular complexity index is 3010. The molecule has 0 radical (unpaired) electrons. The van der Waals surface area contributed by atoms with E-state index in [1.54, 1.807) is 0 Å². The Morgan fingerprint density at radius 2 is 1.06 bits per heavy atom. The monoisotopic (exact) mass is 696 g/mol. The molecule has 4 nitrogen and oxygen atoms in total. The standard InChI is InChI=1S/C48H32N4S/c1-48(2)36-22-12-9-19-33(36)39-40-35-21-11-14-24-38(35)53-44(40)41-34-20-10-13-23-37(34)52(43(41)42(39)48)32-27-25-31(26-28-32)47-50-45(29-15-5-3-6-16-29)49-46(51-47)30-17-7-4-8-18-30/h3-28H,1-2H3. The van der Waals surface area contributed by atoms with Crippen molar-refractivity contribution in [2.45, 2.75) is 19.3 Å². The molecule has 0 amide bonds. The predicted molar refractivity (Wildman–Crippen MR) is 221 cm³/mol. The molecule has 7 aromatic carbocycles. The Kier molecular flexibility index (Phi) is 6.43. The third-order valence-corrected chi connectivity index (χ3v) is 12.2. The van der Waals surface area contributed by atoms with Crippen LogP contribution in [0.4, 0.5) is 0 Å². The summed E-state index contributed by atoms with van der Waals surface area (Å²) in [5.74, 6) is 1.97. The van der Waals surface area contributed by atoms with Crippen LogP contribution in [0.5, 0.6) is 0 Å². The van der Waals surface area contributed by atoms with Gasteiger partial charge in [-0.1, -0.05) is 135 Å². The zero-order chi connectivity index (χ0) is 35.3. The van der Waals surface area contributed by atoms with Crippen LogP contribution in [0.2, 0.25) is 0 Å². The summed E-state index contributed by atoms with van der Waals surface area (Å²) in [6.45, 7) is 4.80. The topological polar surface area (TPSA) is 43.6 Å². The second kappa shape index (κ2) is 11.3. The Balaban J connectivity index is 1.18. The number of rotatable bonds is 4. The van der Waals surface area contributed by atoms with Gasteiger partial charge in [0.2, 0.25) is 0 Å². The summed E-state index contributed by atoms with van der Waals surface area (Å²) in [5, 5.41) is 5.32. The fourth-order valence-electron chi connectivity index (χ4n) is 8.64. The molecule has 0 unspecified atom stereocenters.